The van der Waals surface area contributed by atoms with Gasteiger partial charge in [0.2, 0.25) is 5.91 Å². The number of unbranched alkanes of at least 4 members (excludes halogenated alkanes) is 20. The molecule has 0 saturated carbocycles. The van der Waals surface area contributed by atoms with Crippen LogP contribution < -0.4 is 5.32 Å². The second kappa shape index (κ2) is 60.9. The maximum Gasteiger partial charge on any atom is 0.220 e. The van der Waals surface area contributed by atoms with Crippen LogP contribution in [-0.2, 0) is 33.2 Å². The topological polar surface area (TPSA) is 307 Å². The fraction of sp³-hybridized carbons (Fsp3) is 0.695. The molecule has 101 heavy (non-hydrogen) atoms. The Hall–Kier alpha value is -4.33. The molecule has 17 unspecified atom stereocenters. The van der Waals surface area contributed by atoms with Gasteiger partial charge in [0.05, 0.1) is 38.6 Å². The molecule has 576 valence electrons. The number of hydrogen-bond acceptors (Lipinski definition) is 18. The van der Waals surface area contributed by atoms with Crippen LogP contribution in [-0.4, -0.2) is 193 Å². The Kier molecular flexibility index (Phi) is 54.8. The molecule has 19 nitrogen and oxygen atoms in total. The Bertz CT molecular complexity index is 2400. The quantitative estimate of drug-likeness (QED) is 0.0199. The smallest absolute Gasteiger partial charge is 0.220 e. The van der Waals surface area contributed by atoms with E-state index in [1.807, 2.05) is 6.08 Å². The SMILES string of the molecule is CC/C=C\C/C=C\C/C=C\C/C=C\C/C=C\C/C=C\C/C=C\C/C=C\C/C=C\C/C=C\C/C=C\CCCCCCCC(=O)NC(COC1OC(CO)C(OC2OC(CO)C(OC3OC(CO)C(O)C(O)C3O)C(O)C2O)C(O)C1O)C(O)/C=C/CCCCCCCCCCCCCCCCC. The predicted octanol–water partition coefficient (Wildman–Crippen LogP) is 12.3. The standard InChI is InChI=1S/C82H135NO18/c1-3-5-7-9-11-13-15-17-19-21-22-23-24-25-26-27-28-29-30-31-32-33-34-35-36-37-38-39-40-41-42-44-46-48-50-52-54-56-58-60-70(88)83-65(66(87)59-57-55-53-51-49-47-45-43-20-18-16-14-12-10-8-6-4-2)64-96-80-76(94)73(91)78(68(62-85)98-80)101-82-77(95)74(92)79(69(63-86)99-82)100-81-75(93)72(90)71(89)67(61-84)97-81/h5,7,11,13,17,19,22-23,25-26,28-29,31-32,34-35,37-38,40-41,44,46,57,59,65-69,71-82,84-87,89-95H,3-4,6,8-10,12,14-16,18,20-21,24,27,30,33,36,39,42-43,45,47-56,58,60-64H2,1-2H3,(H,83,88)/b7-5-,13-11-,19-17-,23-22-,26-25-,29-28-,32-31-,35-34-,38-37-,41-40-,46-44-,59-57+. The maximum atomic E-state index is 13.4. The number of nitrogens with one attached hydrogen (secondary N) is 1. The summed E-state index contributed by atoms with van der Waals surface area (Å²) in [5.41, 5.74) is 0. The molecule has 12 N–H and O–H groups in total. The zero-order chi connectivity index (χ0) is 73.2. The normalized spacial score (nSPS) is 27.2. The van der Waals surface area contributed by atoms with Crippen molar-refractivity contribution in [1.82, 2.24) is 5.32 Å². The molecule has 0 spiro atoms. The Labute approximate surface area is 606 Å². The van der Waals surface area contributed by atoms with Gasteiger partial charge >= 0.3 is 0 Å². The molecule has 0 aromatic heterocycles. The van der Waals surface area contributed by atoms with Crippen LogP contribution in [0.3, 0.4) is 0 Å². The van der Waals surface area contributed by atoms with Crippen molar-refractivity contribution in [3.05, 3.63) is 146 Å². The molecule has 17 atom stereocenters. The van der Waals surface area contributed by atoms with Crippen molar-refractivity contribution in [3.63, 3.8) is 0 Å². The molecule has 3 saturated heterocycles. The molecule has 19 heteroatoms. The van der Waals surface area contributed by atoms with E-state index in [4.69, 9.17) is 28.4 Å². The first kappa shape index (κ1) is 90.9. The van der Waals surface area contributed by atoms with E-state index in [0.29, 0.717) is 6.42 Å². The lowest BCUT2D eigenvalue weighted by Crippen LogP contribution is -2.66. The summed E-state index contributed by atoms with van der Waals surface area (Å²) in [7, 11) is 0. The summed E-state index contributed by atoms with van der Waals surface area (Å²) in [6, 6.07) is -0.995. The molecule has 1 amide bonds. The number of aliphatic hydroxyl groups is 11. The van der Waals surface area contributed by atoms with Crippen LogP contribution in [0.5, 0.6) is 0 Å². The number of ether oxygens (including phenoxy) is 6. The van der Waals surface area contributed by atoms with E-state index in [0.717, 1.165) is 128 Å². The van der Waals surface area contributed by atoms with E-state index in [1.54, 1.807) is 6.08 Å². The largest absolute Gasteiger partial charge is 0.394 e. The Morgan fingerprint density at radius 3 is 1.07 bits per heavy atom. The highest BCUT2D eigenvalue weighted by molar-refractivity contribution is 5.76. The van der Waals surface area contributed by atoms with Gasteiger partial charge in [0.1, 0.15) is 73.2 Å². The average molecular weight is 1420 g/mol. The number of rotatable bonds is 58. The van der Waals surface area contributed by atoms with Crippen molar-refractivity contribution in [2.45, 2.75) is 336 Å². The minimum absolute atomic E-state index is 0.211. The third-order valence-electron chi connectivity index (χ3n) is 18.1. The predicted molar refractivity (Wildman–Crippen MR) is 401 cm³/mol. The van der Waals surface area contributed by atoms with Gasteiger partial charge in [-0.1, -0.05) is 269 Å². The Morgan fingerprint density at radius 1 is 0.366 bits per heavy atom. The van der Waals surface area contributed by atoms with Gasteiger partial charge in [-0.05, 0) is 103 Å². The summed E-state index contributed by atoms with van der Waals surface area (Å²) < 4.78 is 34.4. The maximum absolute atomic E-state index is 13.4. The van der Waals surface area contributed by atoms with E-state index in [2.05, 4.69) is 153 Å². The summed E-state index contributed by atoms with van der Waals surface area (Å²) in [5, 5.41) is 121. The second-order valence-electron chi connectivity index (χ2n) is 26.7. The lowest BCUT2D eigenvalue weighted by molar-refractivity contribution is -0.379. The van der Waals surface area contributed by atoms with Crippen LogP contribution in [0.1, 0.15) is 232 Å². The van der Waals surface area contributed by atoms with Gasteiger partial charge in [0.15, 0.2) is 18.9 Å². The highest BCUT2D eigenvalue weighted by Gasteiger charge is 2.53. The van der Waals surface area contributed by atoms with Crippen LogP contribution in [0.4, 0.5) is 0 Å². The fourth-order valence-electron chi connectivity index (χ4n) is 12.0. The first-order chi connectivity index (χ1) is 49.3. The van der Waals surface area contributed by atoms with E-state index in [9.17, 15) is 61.0 Å². The van der Waals surface area contributed by atoms with Gasteiger partial charge in [-0.2, -0.15) is 0 Å². The van der Waals surface area contributed by atoms with Crippen molar-refractivity contribution in [2.75, 3.05) is 26.4 Å². The van der Waals surface area contributed by atoms with Gasteiger partial charge in [0, 0.05) is 6.42 Å². The van der Waals surface area contributed by atoms with Crippen molar-refractivity contribution < 1.29 is 89.4 Å². The van der Waals surface area contributed by atoms with E-state index in [1.165, 1.54) is 77.0 Å². The number of amides is 1. The molecule has 0 aromatic carbocycles. The van der Waals surface area contributed by atoms with Crippen molar-refractivity contribution in [2.24, 2.45) is 0 Å². The summed E-state index contributed by atoms with van der Waals surface area (Å²) in [4.78, 5) is 13.4. The Balaban J connectivity index is 1.37. The zero-order valence-electron chi connectivity index (χ0n) is 61.3. The highest BCUT2D eigenvalue weighted by atomic mass is 16.8. The van der Waals surface area contributed by atoms with Gasteiger partial charge in [-0.15, -0.1) is 0 Å². The number of carbonyl (C=O) groups is 1. The molecule has 3 aliphatic rings. The molecular formula is C82H135NO18. The van der Waals surface area contributed by atoms with Gasteiger partial charge in [-0.3, -0.25) is 4.79 Å². The van der Waals surface area contributed by atoms with E-state index < -0.39 is 124 Å². The van der Waals surface area contributed by atoms with Gasteiger partial charge in [0.25, 0.3) is 0 Å². The summed E-state index contributed by atoms with van der Waals surface area (Å²) in [5.74, 6) is -0.300. The molecule has 0 bridgehead atoms. The molecule has 3 fully saturated rings. The molecule has 3 rings (SSSR count). The first-order valence-corrected chi connectivity index (χ1v) is 38.6. The summed E-state index contributed by atoms with van der Waals surface area (Å²) in [6.45, 7) is 1.59. The average Bonchev–Trinajstić information content (AvgIpc) is 0.792. The molecule has 0 aliphatic carbocycles. The third kappa shape index (κ3) is 41.2. The summed E-state index contributed by atoms with van der Waals surface area (Å²) in [6.07, 6.45) is 61.0. The zero-order valence-corrected chi connectivity index (χ0v) is 61.3. The minimum atomic E-state index is -1.99. The van der Waals surface area contributed by atoms with Crippen LogP contribution in [0.15, 0.2) is 146 Å². The molecular weight excluding hydrogens is 1290 g/mol. The molecule has 3 aliphatic heterocycles. The van der Waals surface area contributed by atoms with Crippen molar-refractivity contribution >= 4 is 5.91 Å². The summed E-state index contributed by atoms with van der Waals surface area (Å²) >= 11 is 0. The lowest BCUT2D eigenvalue weighted by atomic mass is 9.96. The van der Waals surface area contributed by atoms with Crippen LogP contribution in [0.2, 0.25) is 0 Å². The first-order valence-electron chi connectivity index (χ1n) is 38.6. The minimum Gasteiger partial charge on any atom is -0.394 e. The monoisotopic (exact) mass is 1420 g/mol. The fourth-order valence-corrected chi connectivity index (χ4v) is 12.0. The highest BCUT2D eigenvalue weighted by Crippen LogP contribution is 2.33. The Morgan fingerprint density at radius 2 is 0.683 bits per heavy atom. The van der Waals surface area contributed by atoms with E-state index in [-0.39, 0.29) is 18.9 Å². The van der Waals surface area contributed by atoms with Crippen molar-refractivity contribution in [1.29, 1.82) is 0 Å². The van der Waals surface area contributed by atoms with Crippen LogP contribution in [0.25, 0.3) is 0 Å². The van der Waals surface area contributed by atoms with Crippen LogP contribution in [0, 0.1) is 0 Å². The molecule has 0 aromatic rings. The van der Waals surface area contributed by atoms with Gasteiger partial charge < -0.3 is 89.9 Å². The van der Waals surface area contributed by atoms with Crippen molar-refractivity contribution in [3.8, 4) is 0 Å². The van der Waals surface area contributed by atoms with E-state index >= 15 is 0 Å². The second-order valence-corrected chi connectivity index (χ2v) is 26.7. The number of aliphatic hydroxyl groups excluding tert-OH is 11. The molecule has 0 radical (unpaired) electrons. The van der Waals surface area contributed by atoms with Crippen LogP contribution >= 0.6 is 0 Å². The lowest BCUT2D eigenvalue weighted by Gasteiger charge is -2.48. The van der Waals surface area contributed by atoms with Gasteiger partial charge in [-0.25, -0.2) is 0 Å². The molecule has 3 heterocycles. The number of carbonyl (C=O) groups excluding carboxylic acids is 1. The third-order valence-corrected chi connectivity index (χ3v) is 18.1. The number of hydrogen-bond donors (Lipinski definition) is 12. The number of allylic oxidation sites excluding steroid dienone is 23.